The van der Waals surface area contributed by atoms with Crippen molar-refractivity contribution in [2.75, 3.05) is 26.8 Å². The number of benzene rings is 2. The van der Waals surface area contributed by atoms with Crippen LogP contribution in [0.3, 0.4) is 0 Å². The molecule has 0 atom stereocenters. The molecule has 0 fully saturated rings. The lowest BCUT2D eigenvalue weighted by molar-refractivity contribution is -0.120. The lowest BCUT2D eigenvalue weighted by Crippen LogP contribution is -2.39. The van der Waals surface area contributed by atoms with Gasteiger partial charge in [-0.05, 0) is 24.3 Å². The highest BCUT2D eigenvalue weighted by atomic mass is 16.5. The first-order chi connectivity index (χ1) is 14.1. The van der Waals surface area contributed by atoms with Crippen molar-refractivity contribution in [2.24, 2.45) is 0 Å². The van der Waals surface area contributed by atoms with Crippen LogP contribution < -0.4 is 25.5 Å². The Labute approximate surface area is 166 Å². The first-order valence-electron chi connectivity index (χ1n) is 9.01. The molecule has 2 aromatic carbocycles. The minimum Gasteiger partial charge on any atom is -0.493 e. The second-order valence-corrected chi connectivity index (χ2v) is 6.11. The Morgan fingerprint density at radius 3 is 2.52 bits per heavy atom. The van der Waals surface area contributed by atoms with E-state index in [0.717, 1.165) is 0 Å². The fourth-order valence-electron chi connectivity index (χ4n) is 2.74. The van der Waals surface area contributed by atoms with Gasteiger partial charge in [-0.2, -0.15) is 0 Å². The second-order valence-electron chi connectivity index (χ2n) is 6.11. The fraction of sp³-hybridized carbons (Fsp3) is 0.190. The van der Waals surface area contributed by atoms with E-state index in [2.05, 4.69) is 15.6 Å². The number of amides is 2. The number of nitrogens with one attached hydrogen (secondary N) is 3. The average Bonchev–Trinajstić information content (AvgIpc) is 2.75. The minimum absolute atomic E-state index is 0.0454. The first-order valence-corrected chi connectivity index (χ1v) is 9.01. The van der Waals surface area contributed by atoms with Crippen LogP contribution in [0.4, 0.5) is 0 Å². The smallest absolute Gasteiger partial charge is 0.257 e. The summed E-state index contributed by atoms with van der Waals surface area (Å²) in [6, 6.07) is 14.1. The van der Waals surface area contributed by atoms with Gasteiger partial charge in [0.2, 0.25) is 11.3 Å². The van der Waals surface area contributed by atoms with Crippen molar-refractivity contribution in [1.29, 1.82) is 0 Å². The number of aromatic nitrogens is 1. The molecule has 1 heterocycles. The van der Waals surface area contributed by atoms with Crippen LogP contribution in [0.5, 0.6) is 11.5 Å². The molecule has 0 saturated heterocycles. The van der Waals surface area contributed by atoms with Crippen molar-refractivity contribution >= 4 is 22.7 Å². The number of aromatic amines is 1. The van der Waals surface area contributed by atoms with Gasteiger partial charge in [0, 0.05) is 17.1 Å². The zero-order valence-electron chi connectivity index (χ0n) is 15.9. The Morgan fingerprint density at radius 2 is 1.72 bits per heavy atom. The third-order valence-corrected chi connectivity index (χ3v) is 4.19. The second kappa shape index (κ2) is 9.41. The van der Waals surface area contributed by atoms with Gasteiger partial charge in [0.15, 0.2) is 11.5 Å². The Bertz CT molecular complexity index is 1080. The Morgan fingerprint density at radius 1 is 1.00 bits per heavy atom. The Kier molecular flexibility index (Phi) is 6.47. The van der Waals surface area contributed by atoms with Gasteiger partial charge in [-0.15, -0.1) is 0 Å². The van der Waals surface area contributed by atoms with Gasteiger partial charge < -0.3 is 25.1 Å². The van der Waals surface area contributed by atoms with Crippen LogP contribution in [-0.2, 0) is 4.79 Å². The van der Waals surface area contributed by atoms with Crippen molar-refractivity contribution < 1.29 is 19.1 Å². The van der Waals surface area contributed by atoms with Crippen LogP contribution in [0, 0.1) is 0 Å². The highest BCUT2D eigenvalue weighted by molar-refractivity contribution is 5.98. The molecule has 3 rings (SSSR count). The number of hydrogen-bond acceptors (Lipinski definition) is 5. The van der Waals surface area contributed by atoms with Gasteiger partial charge in [-0.3, -0.25) is 14.4 Å². The average molecular weight is 395 g/mol. The summed E-state index contributed by atoms with van der Waals surface area (Å²) >= 11 is 0. The van der Waals surface area contributed by atoms with Crippen molar-refractivity contribution in [2.45, 2.75) is 0 Å². The molecule has 3 N–H and O–H groups in total. The summed E-state index contributed by atoms with van der Waals surface area (Å²) in [7, 11) is 1.55. The molecule has 2 amide bonds. The minimum atomic E-state index is -0.613. The van der Waals surface area contributed by atoms with Gasteiger partial charge in [0.05, 0.1) is 20.2 Å². The van der Waals surface area contributed by atoms with Gasteiger partial charge in [-0.1, -0.05) is 24.3 Å². The predicted octanol–water partition coefficient (Wildman–Crippen LogP) is 1.46. The highest BCUT2D eigenvalue weighted by Crippen LogP contribution is 2.25. The number of ether oxygens (including phenoxy) is 2. The molecule has 8 heteroatoms. The standard InChI is InChI=1S/C21H21N3O5/c1-28-17-8-4-5-9-18(17)29-11-10-22-19(25)13-24-21(27)15-12-23-16-7-3-2-6-14(16)20(15)26/h2-9,12H,10-11,13H2,1H3,(H,22,25)(H,23,26)(H,24,27). The highest BCUT2D eigenvalue weighted by Gasteiger charge is 2.13. The van der Waals surface area contributed by atoms with Crippen LogP contribution in [0.15, 0.2) is 59.5 Å². The summed E-state index contributed by atoms with van der Waals surface area (Å²) in [4.78, 5) is 39.5. The van der Waals surface area contributed by atoms with Crippen LogP contribution in [0.1, 0.15) is 10.4 Å². The molecule has 0 unspecified atom stereocenters. The number of carbonyl (C=O) groups excluding carboxylic acids is 2. The van der Waals surface area contributed by atoms with E-state index in [1.165, 1.54) is 6.20 Å². The number of H-pyrrole nitrogens is 1. The molecule has 8 nitrogen and oxygen atoms in total. The maximum atomic E-state index is 12.4. The quantitative estimate of drug-likeness (QED) is 0.500. The van der Waals surface area contributed by atoms with Crippen LogP contribution >= 0.6 is 0 Å². The summed E-state index contributed by atoms with van der Waals surface area (Å²) in [5, 5.41) is 5.50. The van der Waals surface area contributed by atoms with Crippen LogP contribution in [0.25, 0.3) is 10.9 Å². The molecule has 0 aliphatic rings. The van der Waals surface area contributed by atoms with Gasteiger partial charge >= 0.3 is 0 Å². The third-order valence-electron chi connectivity index (χ3n) is 4.19. The lowest BCUT2D eigenvalue weighted by atomic mass is 10.1. The number of hydrogen-bond donors (Lipinski definition) is 3. The van der Waals surface area contributed by atoms with Crippen molar-refractivity contribution in [3.63, 3.8) is 0 Å². The zero-order valence-corrected chi connectivity index (χ0v) is 15.9. The SMILES string of the molecule is COc1ccccc1OCCNC(=O)CNC(=O)c1c[nH]c2ccccc2c1=O. The number of fused-ring (bicyclic) bond motifs is 1. The van der Waals surface area contributed by atoms with E-state index in [-0.39, 0.29) is 36.6 Å². The van der Waals surface area contributed by atoms with E-state index in [1.807, 2.05) is 12.1 Å². The summed E-state index contributed by atoms with van der Waals surface area (Å²) in [6.45, 7) is 0.244. The van der Waals surface area contributed by atoms with Crippen molar-refractivity contribution in [3.05, 3.63) is 70.5 Å². The Hall–Kier alpha value is -3.81. The summed E-state index contributed by atoms with van der Waals surface area (Å²) in [6.07, 6.45) is 1.35. The van der Waals surface area contributed by atoms with E-state index in [1.54, 1.807) is 43.5 Å². The number of pyridine rings is 1. The third kappa shape index (κ3) is 4.92. The zero-order chi connectivity index (χ0) is 20.6. The van der Waals surface area contributed by atoms with Crippen LogP contribution in [-0.4, -0.2) is 43.6 Å². The molecular weight excluding hydrogens is 374 g/mol. The van der Waals surface area contributed by atoms with E-state index in [0.29, 0.717) is 22.4 Å². The maximum Gasteiger partial charge on any atom is 0.257 e. The topological polar surface area (TPSA) is 110 Å². The van der Waals surface area contributed by atoms with E-state index in [9.17, 15) is 14.4 Å². The van der Waals surface area contributed by atoms with Crippen molar-refractivity contribution in [3.8, 4) is 11.5 Å². The molecule has 3 aromatic rings. The van der Waals surface area contributed by atoms with E-state index in [4.69, 9.17) is 9.47 Å². The monoisotopic (exact) mass is 395 g/mol. The number of rotatable bonds is 8. The fourth-order valence-corrected chi connectivity index (χ4v) is 2.74. The van der Waals surface area contributed by atoms with E-state index < -0.39 is 5.91 Å². The molecule has 150 valence electrons. The van der Waals surface area contributed by atoms with E-state index >= 15 is 0 Å². The summed E-state index contributed by atoms with van der Waals surface area (Å²) in [5.41, 5.74) is 0.209. The molecule has 0 spiro atoms. The molecular formula is C21H21N3O5. The first kappa shape index (κ1) is 19.9. The number of para-hydroxylation sites is 3. The lowest BCUT2D eigenvalue weighted by Gasteiger charge is -2.11. The van der Waals surface area contributed by atoms with Gasteiger partial charge in [-0.25, -0.2) is 0 Å². The molecule has 1 aromatic heterocycles. The molecule has 0 aliphatic heterocycles. The van der Waals surface area contributed by atoms with Gasteiger partial charge in [0.1, 0.15) is 12.2 Å². The number of methoxy groups -OCH3 is 1. The molecule has 29 heavy (non-hydrogen) atoms. The Balaban J connectivity index is 1.46. The molecule has 0 radical (unpaired) electrons. The summed E-state index contributed by atoms with van der Waals surface area (Å²) < 4.78 is 10.7. The normalized spacial score (nSPS) is 10.4. The van der Waals surface area contributed by atoms with Gasteiger partial charge in [0.25, 0.3) is 5.91 Å². The molecule has 0 saturated carbocycles. The van der Waals surface area contributed by atoms with Crippen molar-refractivity contribution in [1.82, 2.24) is 15.6 Å². The molecule has 0 aliphatic carbocycles. The molecule has 0 bridgehead atoms. The largest absolute Gasteiger partial charge is 0.493 e. The summed E-state index contributed by atoms with van der Waals surface area (Å²) in [5.74, 6) is 0.177. The maximum absolute atomic E-state index is 12.4. The number of carbonyl (C=O) groups is 2. The predicted molar refractivity (Wildman–Crippen MR) is 108 cm³/mol. The van der Waals surface area contributed by atoms with Crippen LogP contribution in [0.2, 0.25) is 0 Å².